The van der Waals surface area contributed by atoms with Gasteiger partial charge in [-0.2, -0.15) is 0 Å². The smallest absolute Gasteiger partial charge is 0.163 e. The first-order valence-electron chi connectivity index (χ1n) is 9.82. The predicted molar refractivity (Wildman–Crippen MR) is 120 cm³/mol. The van der Waals surface area contributed by atoms with E-state index in [4.69, 9.17) is 21.3 Å². The van der Waals surface area contributed by atoms with Crippen molar-refractivity contribution in [3.63, 3.8) is 0 Å². The first kappa shape index (κ1) is 21.5. The lowest BCUT2D eigenvalue weighted by Gasteiger charge is -2.29. The molecule has 29 heavy (non-hydrogen) atoms. The zero-order chi connectivity index (χ0) is 21.7. The standard InChI is InChI=1S/C24H29ClN2O2/c1-13-15(3)27(8)23-19(13)21(17-9-11-18(25)12-10-17)20(14(2)26-23)22(16(4)28)29-24(5,6)7/h9-12,22H,1-8H3/t22-/m1/s1. The summed E-state index contributed by atoms with van der Waals surface area (Å²) in [5, 5.41) is 1.73. The van der Waals surface area contributed by atoms with Crippen LogP contribution in [0, 0.1) is 20.8 Å². The lowest BCUT2D eigenvalue weighted by Crippen LogP contribution is -2.27. The lowest BCUT2D eigenvalue weighted by atomic mass is 9.90. The van der Waals surface area contributed by atoms with E-state index in [1.807, 2.05) is 59.0 Å². The van der Waals surface area contributed by atoms with Crippen LogP contribution in [0.4, 0.5) is 0 Å². The average molecular weight is 413 g/mol. The van der Waals surface area contributed by atoms with Gasteiger partial charge in [-0.15, -0.1) is 0 Å². The van der Waals surface area contributed by atoms with Gasteiger partial charge in [-0.3, -0.25) is 4.79 Å². The summed E-state index contributed by atoms with van der Waals surface area (Å²) in [4.78, 5) is 17.6. The Morgan fingerprint density at radius 3 is 2.24 bits per heavy atom. The van der Waals surface area contributed by atoms with Gasteiger partial charge >= 0.3 is 0 Å². The molecule has 4 nitrogen and oxygen atoms in total. The van der Waals surface area contributed by atoms with Crippen LogP contribution in [0.1, 0.15) is 56.3 Å². The van der Waals surface area contributed by atoms with E-state index in [0.29, 0.717) is 5.02 Å². The van der Waals surface area contributed by atoms with E-state index >= 15 is 0 Å². The van der Waals surface area contributed by atoms with Crippen molar-refractivity contribution < 1.29 is 9.53 Å². The van der Waals surface area contributed by atoms with Crippen molar-refractivity contribution in [1.82, 2.24) is 9.55 Å². The molecule has 2 heterocycles. The maximum Gasteiger partial charge on any atom is 0.163 e. The summed E-state index contributed by atoms with van der Waals surface area (Å²) in [6, 6.07) is 7.74. The van der Waals surface area contributed by atoms with E-state index in [9.17, 15) is 4.79 Å². The molecular weight excluding hydrogens is 384 g/mol. The highest BCUT2D eigenvalue weighted by molar-refractivity contribution is 6.30. The van der Waals surface area contributed by atoms with Crippen LogP contribution < -0.4 is 0 Å². The number of carbonyl (C=O) groups excluding carboxylic acids is 1. The minimum Gasteiger partial charge on any atom is -0.360 e. The molecule has 5 heteroatoms. The molecule has 1 atom stereocenters. The minimum atomic E-state index is -0.697. The monoisotopic (exact) mass is 412 g/mol. The second-order valence-corrected chi connectivity index (χ2v) is 9.12. The van der Waals surface area contributed by atoms with Gasteiger partial charge in [0, 0.05) is 40.0 Å². The number of aryl methyl sites for hydroxylation is 3. The van der Waals surface area contributed by atoms with Gasteiger partial charge in [0.05, 0.1) is 5.60 Å². The zero-order valence-corrected chi connectivity index (χ0v) is 19.2. The number of aromatic nitrogens is 2. The van der Waals surface area contributed by atoms with Crippen LogP contribution in [0.3, 0.4) is 0 Å². The van der Waals surface area contributed by atoms with E-state index in [0.717, 1.165) is 44.7 Å². The van der Waals surface area contributed by atoms with E-state index in [1.165, 1.54) is 0 Å². The highest BCUT2D eigenvalue weighted by Gasteiger charge is 2.31. The third-order valence-electron chi connectivity index (χ3n) is 5.38. The molecule has 0 aliphatic carbocycles. The molecule has 3 aromatic rings. The van der Waals surface area contributed by atoms with Crippen molar-refractivity contribution in [2.45, 2.75) is 60.2 Å². The molecule has 154 valence electrons. The summed E-state index contributed by atoms with van der Waals surface area (Å²) in [5.74, 6) is -0.0373. The Hall–Kier alpha value is -2.17. The van der Waals surface area contributed by atoms with Crippen molar-refractivity contribution in [3.05, 3.63) is 51.8 Å². The quantitative estimate of drug-likeness (QED) is 0.507. The molecule has 0 radical (unpaired) electrons. The predicted octanol–water partition coefficient (Wildman–Crippen LogP) is 6.26. The average Bonchev–Trinajstić information content (AvgIpc) is 2.83. The third-order valence-corrected chi connectivity index (χ3v) is 5.63. The van der Waals surface area contributed by atoms with Crippen molar-refractivity contribution in [1.29, 1.82) is 0 Å². The number of ketones is 1. The highest BCUT2D eigenvalue weighted by Crippen LogP contribution is 2.42. The molecular formula is C24H29ClN2O2. The summed E-state index contributed by atoms with van der Waals surface area (Å²) in [6.07, 6.45) is -0.697. The van der Waals surface area contributed by atoms with E-state index in [1.54, 1.807) is 6.92 Å². The molecule has 1 aromatic carbocycles. The van der Waals surface area contributed by atoms with Crippen LogP contribution in [-0.4, -0.2) is 20.9 Å². The number of hydrogen-bond acceptors (Lipinski definition) is 3. The van der Waals surface area contributed by atoms with Gasteiger partial charge < -0.3 is 9.30 Å². The lowest BCUT2D eigenvalue weighted by molar-refractivity contribution is -0.138. The Bertz CT molecular complexity index is 1090. The molecule has 3 rings (SSSR count). The Morgan fingerprint density at radius 2 is 1.72 bits per heavy atom. The number of Topliss-reactive ketones (excluding diaryl/α,β-unsaturated/α-hetero) is 1. The summed E-state index contributed by atoms with van der Waals surface area (Å²) < 4.78 is 8.36. The van der Waals surface area contributed by atoms with Crippen LogP contribution in [0.25, 0.3) is 22.2 Å². The van der Waals surface area contributed by atoms with Gasteiger partial charge in [-0.05, 0) is 71.7 Å². The maximum absolute atomic E-state index is 12.7. The summed E-state index contributed by atoms with van der Waals surface area (Å²) in [6.45, 7) is 13.6. The van der Waals surface area contributed by atoms with E-state index < -0.39 is 11.7 Å². The minimum absolute atomic E-state index is 0.0373. The normalized spacial score (nSPS) is 13.1. The SMILES string of the molecule is CC(=O)[C@@H](OC(C)(C)C)c1c(C)nc2c(c(C)c(C)n2C)c1-c1ccc(Cl)cc1. The highest BCUT2D eigenvalue weighted by atomic mass is 35.5. The summed E-state index contributed by atoms with van der Waals surface area (Å²) in [7, 11) is 2.02. The molecule has 0 fully saturated rings. The van der Waals surface area contributed by atoms with E-state index in [-0.39, 0.29) is 5.78 Å². The van der Waals surface area contributed by atoms with Crippen molar-refractivity contribution in [3.8, 4) is 11.1 Å². The Morgan fingerprint density at radius 1 is 1.14 bits per heavy atom. The number of benzene rings is 1. The van der Waals surface area contributed by atoms with Gasteiger partial charge in [-0.25, -0.2) is 4.98 Å². The fourth-order valence-electron chi connectivity index (χ4n) is 3.83. The molecule has 0 amide bonds. The first-order chi connectivity index (χ1) is 13.4. The van der Waals surface area contributed by atoms with Crippen LogP contribution in [0.15, 0.2) is 24.3 Å². The fraction of sp³-hybridized carbons (Fsp3) is 0.417. The van der Waals surface area contributed by atoms with Gasteiger partial charge in [0.2, 0.25) is 0 Å². The molecule has 0 aliphatic heterocycles. The van der Waals surface area contributed by atoms with Crippen LogP contribution in [-0.2, 0) is 16.6 Å². The molecule has 0 spiro atoms. The Balaban J connectivity index is 2.47. The van der Waals surface area contributed by atoms with Gasteiger partial charge in [0.1, 0.15) is 11.8 Å². The molecule has 2 aromatic heterocycles. The van der Waals surface area contributed by atoms with Crippen molar-refractivity contribution in [2.24, 2.45) is 7.05 Å². The van der Waals surface area contributed by atoms with Gasteiger partial charge in [0.25, 0.3) is 0 Å². The van der Waals surface area contributed by atoms with Crippen LogP contribution >= 0.6 is 11.6 Å². The topological polar surface area (TPSA) is 44.1 Å². The third kappa shape index (κ3) is 3.96. The number of pyridine rings is 1. The second-order valence-electron chi connectivity index (χ2n) is 8.68. The summed E-state index contributed by atoms with van der Waals surface area (Å²) in [5.41, 5.74) is 6.35. The molecule has 0 N–H and O–H groups in total. The first-order valence-corrected chi connectivity index (χ1v) is 10.2. The van der Waals surface area contributed by atoms with Gasteiger partial charge in [0.15, 0.2) is 5.78 Å². The number of carbonyl (C=O) groups is 1. The zero-order valence-electron chi connectivity index (χ0n) is 18.5. The number of rotatable bonds is 4. The molecule has 0 unspecified atom stereocenters. The number of hydrogen-bond donors (Lipinski definition) is 0. The Kier molecular flexibility index (Phi) is 5.63. The number of nitrogens with zero attached hydrogens (tertiary/aromatic N) is 2. The molecule has 0 bridgehead atoms. The second kappa shape index (κ2) is 7.58. The maximum atomic E-state index is 12.7. The molecule has 0 saturated carbocycles. The van der Waals surface area contributed by atoms with Crippen molar-refractivity contribution >= 4 is 28.4 Å². The van der Waals surface area contributed by atoms with Crippen LogP contribution in [0.5, 0.6) is 0 Å². The van der Waals surface area contributed by atoms with E-state index in [2.05, 4.69) is 18.4 Å². The molecule has 0 aliphatic rings. The number of halogens is 1. The van der Waals surface area contributed by atoms with Crippen LogP contribution in [0.2, 0.25) is 5.02 Å². The number of ether oxygens (including phenoxy) is 1. The van der Waals surface area contributed by atoms with Gasteiger partial charge in [-0.1, -0.05) is 23.7 Å². The molecule has 0 saturated heterocycles. The summed E-state index contributed by atoms with van der Waals surface area (Å²) >= 11 is 6.15. The largest absolute Gasteiger partial charge is 0.360 e. The Labute approximate surface area is 177 Å². The number of fused-ring (bicyclic) bond motifs is 1. The fourth-order valence-corrected chi connectivity index (χ4v) is 3.95. The van der Waals surface area contributed by atoms with Crippen molar-refractivity contribution in [2.75, 3.05) is 0 Å².